The maximum atomic E-state index is 13.8. The van der Waals surface area contributed by atoms with Gasteiger partial charge in [-0.3, -0.25) is 9.69 Å². The van der Waals surface area contributed by atoms with Crippen molar-refractivity contribution in [1.29, 1.82) is 0 Å². The normalized spacial score (nSPS) is 22.6. The van der Waals surface area contributed by atoms with Crippen LogP contribution in [0.4, 0.5) is 0 Å². The molecule has 0 aromatic heterocycles. The smallest absolute Gasteiger partial charge is 0.260 e. The van der Waals surface area contributed by atoms with Gasteiger partial charge in [0.2, 0.25) is 0 Å². The Morgan fingerprint density at radius 2 is 1.87 bits per heavy atom. The largest absolute Gasteiger partial charge is 0.461 e. The zero-order valence-electron chi connectivity index (χ0n) is 18.1. The van der Waals surface area contributed by atoms with E-state index >= 15 is 0 Å². The number of carbonyl (C=O) groups is 1. The van der Waals surface area contributed by atoms with Crippen LogP contribution in [0.2, 0.25) is 0 Å². The number of amides is 1. The second kappa shape index (κ2) is 8.88. The number of nitrogens with zero attached hydrogens (tertiary/aromatic N) is 1. The van der Waals surface area contributed by atoms with Gasteiger partial charge in [-0.25, -0.2) is 0 Å². The number of benzene rings is 1. The second-order valence-electron chi connectivity index (χ2n) is 7.14. The quantitative estimate of drug-likeness (QED) is 0.492. The van der Waals surface area contributed by atoms with Crippen LogP contribution in [-0.4, -0.2) is 10.8 Å². The van der Waals surface area contributed by atoms with Crippen LogP contribution in [0, 0.1) is 0 Å². The molecule has 1 atom stereocenters. The van der Waals surface area contributed by atoms with E-state index in [0.29, 0.717) is 28.4 Å². The van der Waals surface area contributed by atoms with E-state index in [1.165, 1.54) is 0 Å². The summed E-state index contributed by atoms with van der Waals surface area (Å²) >= 11 is 0. The lowest BCUT2D eigenvalue weighted by molar-refractivity contribution is 0.0735. The molecule has 0 aliphatic carbocycles. The first-order valence-electron chi connectivity index (χ1n) is 10.1. The number of ether oxygens (including phenoxy) is 1. The molecule has 31 heavy (non-hydrogen) atoms. The lowest BCUT2D eigenvalue weighted by atomic mass is 9.73. The van der Waals surface area contributed by atoms with Crippen molar-refractivity contribution in [1.82, 2.24) is 4.90 Å². The number of hydrogen-bond acceptors (Lipinski definition) is 2. The van der Waals surface area contributed by atoms with Crippen molar-refractivity contribution < 1.29 is 9.53 Å². The fourth-order valence-corrected chi connectivity index (χ4v) is 4.27. The second-order valence-corrected chi connectivity index (χ2v) is 7.14. The van der Waals surface area contributed by atoms with Crippen LogP contribution in [0.25, 0.3) is 0 Å². The first-order chi connectivity index (χ1) is 15.0. The maximum absolute atomic E-state index is 13.8. The standard InChI is InChI=1S/C28H27NO2/c1-7-11-18-24-21(6)31-26(16-10-4)20(5)28(24)25-19-13-12-17-23(25)27(30)29(28)22(14-8-2)15-9-3/h7-19H,1-2,4-5H2,3,6H3/b15-9-,18-11-,22-14+,26-16+. The highest BCUT2D eigenvalue weighted by molar-refractivity contribution is 6.03. The summed E-state index contributed by atoms with van der Waals surface area (Å²) in [5, 5.41) is 0. The molecule has 2 heterocycles. The Labute approximate surface area is 184 Å². The third-order valence-corrected chi connectivity index (χ3v) is 5.40. The lowest BCUT2D eigenvalue weighted by Crippen LogP contribution is -2.48. The van der Waals surface area contributed by atoms with Gasteiger partial charge in [-0.05, 0) is 38.1 Å². The van der Waals surface area contributed by atoms with E-state index in [1.54, 1.807) is 29.2 Å². The van der Waals surface area contributed by atoms with Crippen molar-refractivity contribution in [2.45, 2.75) is 19.4 Å². The predicted molar refractivity (Wildman–Crippen MR) is 128 cm³/mol. The van der Waals surface area contributed by atoms with Gasteiger partial charge >= 0.3 is 0 Å². The minimum Gasteiger partial charge on any atom is -0.461 e. The monoisotopic (exact) mass is 409 g/mol. The van der Waals surface area contributed by atoms with E-state index in [4.69, 9.17) is 4.74 Å². The van der Waals surface area contributed by atoms with Crippen molar-refractivity contribution in [3.05, 3.63) is 145 Å². The van der Waals surface area contributed by atoms with Gasteiger partial charge in [-0.15, -0.1) is 0 Å². The van der Waals surface area contributed by atoms with Crippen molar-refractivity contribution >= 4 is 5.91 Å². The third kappa shape index (κ3) is 3.28. The van der Waals surface area contributed by atoms with Gasteiger partial charge in [0.15, 0.2) is 0 Å². The van der Waals surface area contributed by atoms with Crippen molar-refractivity contribution in [2.75, 3.05) is 0 Å². The number of allylic oxidation sites excluding steroid dienone is 9. The zero-order chi connectivity index (χ0) is 22.6. The van der Waals surface area contributed by atoms with Crippen LogP contribution in [0.1, 0.15) is 29.8 Å². The molecule has 1 amide bonds. The minimum absolute atomic E-state index is 0.111. The van der Waals surface area contributed by atoms with Gasteiger partial charge in [-0.2, -0.15) is 0 Å². The molecule has 1 aromatic rings. The molecule has 3 heteroatoms. The Balaban J connectivity index is 2.53. The summed E-state index contributed by atoms with van der Waals surface area (Å²) in [7, 11) is 0. The van der Waals surface area contributed by atoms with Crippen LogP contribution in [0.5, 0.6) is 0 Å². The maximum Gasteiger partial charge on any atom is 0.260 e. The molecule has 0 fully saturated rings. The van der Waals surface area contributed by atoms with Gasteiger partial charge in [0.05, 0.1) is 0 Å². The van der Waals surface area contributed by atoms with Crippen LogP contribution in [-0.2, 0) is 10.3 Å². The summed E-state index contributed by atoms with van der Waals surface area (Å²) in [4.78, 5) is 15.6. The fraction of sp³-hybridized carbons (Fsp3) is 0.107. The van der Waals surface area contributed by atoms with Crippen LogP contribution >= 0.6 is 0 Å². The molecule has 1 aromatic carbocycles. The summed E-state index contributed by atoms with van der Waals surface area (Å²) in [5.74, 6) is 1.13. The Morgan fingerprint density at radius 1 is 1.13 bits per heavy atom. The van der Waals surface area contributed by atoms with E-state index in [2.05, 4.69) is 26.3 Å². The van der Waals surface area contributed by atoms with E-state index in [1.807, 2.05) is 68.5 Å². The number of rotatable bonds is 6. The summed E-state index contributed by atoms with van der Waals surface area (Å²) in [6, 6.07) is 7.64. The van der Waals surface area contributed by atoms with Gasteiger partial charge < -0.3 is 4.74 Å². The van der Waals surface area contributed by atoms with Crippen LogP contribution in [0.15, 0.2) is 134 Å². The number of fused-ring (bicyclic) bond motifs is 2. The topological polar surface area (TPSA) is 29.5 Å². The molecule has 1 unspecified atom stereocenters. The number of carbonyl (C=O) groups excluding carboxylic acids is 1. The van der Waals surface area contributed by atoms with E-state index in [0.717, 1.165) is 11.1 Å². The summed E-state index contributed by atoms with van der Waals surface area (Å²) in [5.41, 5.74) is 2.66. The molecule has 2 aliphatic heterocycles. The molecule has 3 nitrogen and oxygen atoms in total. The summed E-state index contributed by atoms with van der Waals surface area (Å²) in [6.07, 6.45) is 16.2. The molecular formula is C28H27NO2. The Morgan fingerprint density at radius 3 is 2.52 bits per heavy atom. The van der Waals surface area contributed by atoms with Crippen LogP contribution in [0.3, 0.4) is 0 Å². The molecular weight excluding hydrogens is 382 g/mol. The Hall–Kier alpha value is -3.85. The highest BCUT2D eigenvalue weighted by Gasteiger charge is 2.57. The number of hydrogen-bond donors (Lipinski definition) is 0. The molecule has 156 valence electrons. The molecule has 0 saturated heterocycles. The minimum atomic E-state index is -0.987. The zero-order valence-corrected chi connectivity index (χ0v) is 18.1. The SMILES string of the molecule is C=C/C=C\C1=C(C)O/C(=C/C=C)C(=C)C12c1ccccc1C(=O)N2C(/C=C\C)=C/C=C. The van der Waals surface area contributed by atoms with Crippen molar-refractivity contribution in [3.63, 3.8) is 0 Å². The molecule has 2 aliphatic rings. The van der Waals surface area contributed by atoms with Crippen molar-refractivity contribution in [2.24, 2.45) is 0 Å². The molecule has 0 radical (unpaired) electrons. The molecule has 0 bridgehead atoms. The third-order valence-electron chi connectivity index (χ3n) is 5.40. The summed E-state index contributed by atoms with van der Waals surface area (Å²) in [6.45, 7) is 19.7. The molecule has 3 rings (SSSR count). The summed E-state index contributed by atoms with van der Waals surface area (Å²) < 4.78 is 6.12. The van der Waals surface area contributed by atoms with Gasteiger partial charge in [-0.1, -0.05) is 81.0 Å². The van der Waals surface area contributed by atoms with Gasteiger partial charge in [0.1, 0.15) is 17.1 Å². The molecule has 0 N–H and O–H groups in total. The average molecular weight is 410 g/mol. The van der Waals surface area contributed by atoms with Gasteiger partial charge in [0, 0.05) is 28.0 Å². The Kier molecular flexibility index (Phi) is 6.26. The average Bonchev–Trinajstić information content (AvgIpc) is 3.01. The van der Waals surface area contributed by atoms with E-state index < -0.39 is 5.54 Å². The first-order valence-corrected chi connectivity index (χ1v) is 10.1. The molecule has 0 saturated carbocycles. The van der Waals surface area contributed by atoms with Crippen LogP contribution < -0.4 is 0 Å². The first kappa shape index (κ1) is 21.8. The Bertz CT molecular complexity index is 1120. The van der Waals surface area contributed by atoms with E-state index in [9.17, 15) is 4.79 Å². The molecule has 1 spiro atoms. The van der Waals surface area contributed by atoms with E-state index in [-0.39, 0.29) is 5.91 Å². The highest BCUT2D eigenvalue weighted by atomic mass is 16.5. The van der Waals surface area contributed by atoms with Gasteiger partial charge in [0.25, 0.3) is 5.91 Å². The van der Waals surface area contributed by atoms with Crippen molar-refractivity contribution in [3.8, 4) is 0 Å². The highest BCUT2D eigenvalue weighted by Crippen LogP contribution is 2.56. The fourth-order valence-electron chi connectivity index (χ4n) is 4.27. The lowest BCUT2D eigenvalue weighted by Gasteiger charge is -2.46. The predicted octanol–water partition coefficient (Wildman–Crippen LogP) is 6.66.